The van der Waals surface area contributed by atoms with Crippen molar-refractivity contribution in [3.05, 3.63) is 65.4 Å². The molecule has 0 spiro atoms. The van der Waals surface area contributed by atoms with Crippen LogP contribution in [0, 0.1) is 6.92 Å². The van der Waals surface area contributed by atoms with E-state index in [9.17, 15) is 13.2 Å². The molecule has 0 aliphatic rings. The molecule has 0 saturated carbocycles. The van der Waals surface area contributed by atoms with Gasteiger partial charge in [-0.05, 0) is 43.8 Å². The molecule has 154 valence electrons. The lowest BCUT2D eigenvalue weighted by molar-refractivity contribution is -0.138. The fourth-order valence-corrected chi connectivity index (χ4v) is 3.13. The van der Waals surface area contributed by atoms with E-state index >= 15 is 0 Å². The van der Waals surface area contributed by atoms with E-state index in [1.165, 1.54) is 6.07 Å². The first-order valence-electron chi connectivity index (χ1n) is 9.15. The third kappa shape index (κ3) is 4.96. The first-order chi connectivity index (χ1) is 13.8. The molecule has 3 aromatic rings. The third-order valence-electron chi connectivity index (χ3n) is 4.54. The van der Waals surface area contributed by atoms with Gasteiger partial charge in [0.2, 0.25) is 0 Å². The average molecular weight is 404 g/mol. The number of ether oxygens (including phenoxy) is 1. The zero-order valence-electron chi connectivity index (χ0n) is 16.3. The molecule has 8 heteroatoms. The minimum absolute atomic E-state index is 0.230. The van der Waals surface area contributed by atoms with Crippen molar-refractivity contribution in [2.75, 3.05) is 20.1 Å². The first-order valence-corrected chi connectivity index (χ1v) is 9.15. The molecule has 2 aromatic carbocycles. The van der Waals surface area contributed by atoms with Crippen molar-refractivity contribution < 1.29 is 17.9 Å². The number of likely N-dealkylation sites (N-methyl/N-ethyl adjacent to an activating group) is 1. The summed E-state index contributed by atoms with van der Waals surface area (Å²) in [6, 6.07) is 10.9. The van der Waals surface area contributed by atoms with Crippen molar-refractivity contribution in [1.29, 1.82) is 0 Å². The third-order valence-corrected chi connectivity index (χ3v) is 4.54. The van der Waals surface area contributed by atoms with Gasteiger partial charge >= 0.3 is 6.18 Å². The summed E-state index contributed by atoms with van der Waals surface area (Å²) in [7, 11) is 1.90. The quantitative estimate of drug-likeness (QED) is 0.605. The van der Waals surface area contributed by atoms with E-state index in [0.717, 1.165) is 11.6 Å². The predicted octanol–water partition coefficient (Wildman–Crippen LogP) is 4.59. The molecule has 1 aromatic heterocycles. The molecule has 0 radical (unpaired) electrons. The maximum atomic E-state index is 13.8. The Morgan fingerprint density at radius 1 is 1.17 bits per heavy atom. The normalized spacial score (nSPS) is 11.8. The van der Waals surface area contributed by atoms with Crippen LogP contribution in [0.1, 0.15) is 16.7 Å². The molecule has 1 heterocycles. The van der Waals surface area contributed by atoms with Gasteiger partial charge in [-0.15, -0.1) is 0 Å². The number of aryl methyl sites for hydroxylation is 1. The topological polar surface area (TPSA) is 67.2 Å². The standard InChI is InChI=1S/C21H23F3N4O/c1-14-10-19(29-16-6-4-3-5-7-16)18(21(22,23)24)11-17(14)20-15(12-26-27-20)13-28(2)9-8-25/h3-7,10-12H,8-9,13,25H2,1-2H3,(H,26,27). The number of H-pyrrole nitrogens is 1. The van der Waals surface area contributed by atoms with E-state index in [4.69, 9.17) is 10.5 Å². The van der Waals surface area contributed by atoms with Crippen LogP contribution in [-0.4, -0.2) is 35.2 Å². The summed E-state index contributed by atoms with van der Waals surface area (Å²) in [4.78, 5) is 1.99. The van der Waals surface area contributed by atoms with Gasteiger partial charge in [0.25, 0.3) is 0 Å². The van der Waals surface area contributed by atoms with E-state index in [2.05, 4.69) is 10.2 Å². The number of hydrogen-bond acceptors (Lipinski definition) is 4. The number of para-hydroxylation sites is 1. The molecule has 5 nitrogen and oxygen atoms in total. The summed E-state index contributed by atoms with van der Waals surface area (Å²) in [6.07, 6.45) is -2.94. The lowest BCUT2D eigenvalue weighted by Gasteiger charge is -2.19. The monoisotopic (exact) mass is 404 g/mol. The lowest BCUT2D eigenvalue weighted by atomic mass is 9.98. The van der Waals surface area contributed by atoms with E-state index in [-0.39, 0.29) is 5.75 Å². The number of halogens is 3. The summed E-state index contributed by atoms with van der Waals surface area (Å²) in [5, 5.41) is 6.88. The highest BCUT2D eigenvalue weighted by atomic mass is 19.4. The first kappa shape index (κ1) is 20.9. The fourth-order valence-electron chi connectivity index (χ4n) is 3.13. The summed E-state index contributed by atoms with van der Waals surface area (Å²) < 4.78 is 46.9. The molecule has 29 heavy (non-hydrogen) atoms. The van der Waals surface area contributed by atoms with Crippen LogP contribution >= 0.6 is 0 Å². The Morgan fingerprint density at radius 3 is 2.55 bits per heavy atom. The van der Waals surface area contributed by atoms with Gasteiger partial charge < -0.3 is 15.4 Å². The smallest absolute Gasteiger partial charge is 0.420 e. The van der Waals surface area contributed by atoms with Crippen LogP contribution in [0.25, 0.3) is 11.3 Å². The Kier molecular flexibility index (Phi) is 6.24. The summed E-state index contributed by atoms with van der Waals surface area (Å²) in [6.45, 7) is 3.43. The van der Waals surface area contributed by atoms with Crippen LogP contribution < -0.4 is 10.5 Å². The predicted molar refractivity (Wildman–Crippen MR) is 106 cm³/mol. The molecule has 0 aliphatic carbocycles. The Hall–Kier alpha value is -2.84. The van der Waals surface area contributed by atoms with E-state index in [1.54, 1.807) is 43.5 Å². The van der Waals surface area contributed by atoms with Gasteiger partial charge in [0.1, 0.15) is 11.5 Å². The van der Waals surface area contributed by atoms with Crippen molar-refractivity contribution in [2.24, 2.45) is 5.73 Å². The molecule has 3 N–H and O–H groups in total. The molecular weight excluding hydrogens is 381 g/mol. The number of alkyl halides is 3. The zero-order chi connectivity index (χ0) is 21.0. The van der Waals surface area contributed by atoms with Crippen molar-refractivity contribution >= 4 is 0 Å². The summed E-state index contributed by atoms with van der Waals surface area (Å²) in [5.41, 5.74) is 7.18. The maximum absolute atomic E-state index is 13.8. The van der Waals surface area contributed by atoms with Crippen LogP contribution in [0.3, 0.4) is 0 Å². The molecule has 0 atom stereocenters. The molecule has 0 unspecified atom stereocenters. The highest BCUT2D eigenvalue weighted by Crippen LogP contribution is 2.42. The Balaban J connectivity index is 2.03. The van der Waals surface area contributed by atoms with Crippen LogP contribution in [0.15, 0.2) is 48.7 Å². The minimum atomic E-state index is -4.57. The highest BCUT2D eigenvalue weighted by Gasteiger charge is 2.36. The number of nitrogens with two attached hydrogens (primary N) is 1. The summed E-state index contributed by atoms with van der Waals surface area (Å²) in [5.74, 6) is 0.113. The highest BCUT2D eigenvalue weighted by molar-refractivity contribution is 5.69. The van der Waals surface area contributed by atoms with Crippen LogP contribution in [0.5, 0.6) is 11.5 Å². The van der Waals surface area contributed by atoms with Gasteiger partial charge in [-0.1, -0.05) is 18.2 Å². The Labute approximate surface area is 167 Å². The van der Waals surface area contributed by atoms with E-state index in [0.29, 0.717) is 42.2 Å². The average Bonchev–Trinajstić information content (AvgIpc) is 3.09. The number of rotatable bonds is 7. The van der Waals surface area contributed by atoms with Gasteiger partial charge in [-0.25, -0.2) is 0 Å². The van der Waals surface area contributed by atoms with Gasteiger partial charge in [0, 0.05) is 30.8 Å². The molecule has 0 amide bonds. The second-order valence-corrected chi connectivity index (χ2v) is 6.87. The largest absolute Gasteiger partial charge is 0.457 e. The van der Waals surface area contributed by atoms with Crippen molar-refractivity contribution in [2.45, 2.75) is 19.6 Å². The van der Waals surface area contributed by atoms with Crippen LogP contribution in [0.4, 0.5) is 13.2 Å². The number of hydrogen-bond donors (Lipinski definition) is 2. The lowest BCUT2D eigenvalue weighted by Crippen LogP contribution is -2.25. The molecule has 3 rings (SSSR count). The second kappa shape index (κ2) is 8.67. The van der Waals surface area contributed by atoms with Gasteiger partial charge in [-0.2, -0.15) is 18.3 Å². The number of nitrogens with one attached hydrogen (secondary N) is 1. The van der Waals surface area contributed by atoms with E-state index < -0.39 is 11.7 Å². The van der Waals surface area contributed by atoms with Gasteiger partial charge in [-0.3, -0.25) is 5.10 Å². The fraction of sp³-hybridized carbons (Fsp3) is 0.286. The summed E-state index contributed by atoms with van der Waals surface area (Å²) >= 11 is 0. The number of benzene rings is 2. The number of nitrogens with zero attached hydrogens (tertiary/aromatic N) is 2. The van der Waals surface area contributed by atoms with Gasteiger partial charge in [0.05, 0.1) is 17.5 Å². The van der Waals surface area contributed by atoms with Gasteiger partial charge in [0.15, 0.2) is 0 Å². The second-order valence-electron chi connectivity index (χ2n) is 6.87. The zero-order valence-corrected chi connectivity index (χ0v) is 16.3. The Morgan fingerprint density at radius 2 is 1.90 bits per heavy atom. The van der Waals surface area contributed by atoms with Crippen molar-refractivity contribution in [3.63, 3.8) is 0 Å². The van der Waals surface area contributed by atoms with E-state index in [1.807, 2.05) is 11.9 Å². The number of aromatic amines is 1. The SMILES string of the molecule is Cc1cc(Oc2ccccc2)c(C(F)(F)F)cc1-c1[nH]ncc1CN(C)CCN. The minimum Gasteiger partial charge on any atom is -0.457 e. The molecule has 0 bridgehead atoms. The van der Waals surface area contributed by atoms with Crippen molar-refractivity contribution in [1.82, 2.24) is 15.1 Å². The molecule has 0 saturated heterocycles. The van der Waals surface area contributed by atoms with Crippen molar-refractivity contribution in [3.8, 4) is 22.8 Å². The van der Waals surface area contributed by atoms with Crippen LogP contribution in [-0.2, 0) is 12.7 Å². The molecule has 0 fully saturated rings. The maximum Gasteiger partial charge on any atom is 0.420 e. The Bertz CT molecular complexity index is 954. The van der Waals surface area contributed by atoms with Crippen LogP contribution in [0.2, 0.25) is 0 Å². The number of aromatic nitrogens is 2. The molecule has 0 aliphatic heterocycles. The molecular formula is C21H23F3N4O.